The van der Waals surface area contributed by atoms with Crippen molar-refractivity contribution >= 4 is 13.1 Å². The van der Waals surface area contributed by atoms with Gasteiger partial charge in [-0.25, -0.2) is 0 Å². The maximum absolute atomic E-state index is 10.4. The van der Waals surface area contributed by atoms with Crippen molar-refractivity contribution in [3.63, 3.8) is 0 Å². The fourth-order valence-electron chi connectivity index (χ4n) is 0.601. The molecule has 0 saturated carbocycles. The zero-order valence-electron chi connectivity index (χ0n) is 7.14. The van der Waals surface area contributed by atoms with Gasteiger partial charge in [-0.1, -0.05) is 0 Å². The minimum atomic E-state index is -5.05. The summed E-state index contributed by atoms with van der Waals surface area (Å²) in [5.74, 6) is 0. The molecule has 1 fully saturated rings. The van der Waals surface area contributed by atoms with E-state index < -0.39 is 25.3 Å². The van der Waals surface area contributed by atoms with Crippen LogP contribution in [0.15, 0.2) is 0 Å². The van der Waals surface area contributed by atoms with Gasteiger partial charge in [-0.2, -0.15) is 0 Å². The number of carbonyl (C=O) groups is 1. The van der Waals surface area contributed by atoms with Crippen molar-refractivity contribution in [1.82, 2.24) is 0 Å². The fraction of sp³-hybridized carbons (Fsp3) is 0.750. The Labute approximate surface area is 114 Å². The van der Waals surface area contributed by atoms with E-state index in [1.165, 1.54) is 6.92 Å². The van der Waals surface area contributed by atoms with Crippen LogP contribution in [0.5, 0.6) is 0 Å². The Balaban J connectivity index is 0. The second-order valence-electron chi connectivity index (χ2n) is 2.10. The van der Waals surface area contributed by atoms with Gasteiger partial charge in [0.1, 0.15) is 6.10 Å². The minimum absolute atomic E-state index is 0. The van der Waals surface area contributed by atoms with Crippen LogP contribution in [0.3, 0.4) is 0 Å². The first-order chi connectivity index (χ1) is 4.43. The van der Waals surface area contributed by atoms with E-state index in [2.05, 4.69) is 4.74 Å². The first-order valence-electron chi connectivity index (χ1n) is 2.65. The molecule has 0 aliphatic carbocycles. The summed E-state index contributed by atoms with van der Waals surface area (Å²) in [7, 11) is -5.05. The zero-order chi connectivity index (χ0) is 7.94. The first kappa shape index (κ1) is 16.2. The van der Waals surface area contributed by atoms with Crippen molar-refractivity contribution in [2.45, 2.75) is 19.1 Å². The Kier molecular flexibility index (Phi) is 7.58. The number of hydrogen-bond acceptors (Lipinski definition) is 5. The smallest absolute Gasteiger partial charge is 0.805 e. The van der Waals surface area contributed by atoms with E-state index in [1.807, 2.05) is 0 Å². The number of ether oxygens (including phenoxy) is 1. The molecule has 0 unspecified atom stereocenters. The maximum atomic E-state index is 10.4. The van der Waals surface area contributed by atoms with Crippen LogP contribution in [0, 0.1) is 0 Å². The third kappa shape index (κ3) is 4.33. The molecule has 0 bridgehead atoms. The molecule has 8 heteroatoms. The van der Waals surface area contributed by atoms with Gasteiger partial charge >= 0.3 is 59.1 Å². The summed E-state index contributed by atoms with van der Waals surface area (Å²) in [6, 6.07) is 0. The van der Waals surface area contributed by atoms with Crippen molar-refractivity contribution in [2.75, 3.05) is 0 Å². The molecular weight excluding hydrogens is 205 g/mol. The fourth-order valence-corrected chi connectivity index (χ4v) is 1.18. The number of carbonyl (C=O) groups excluding carboxylic acids is 1. The number of hydrogen-bond donors (Lipinski definition) is 0. The topological polar surface area (TPSA) is 92.8 Å². The van der Waals surface area contributed by atoms with Gasteiger partial charge in [-0.15, -0.1) is 0 Å². The standard InChI is InChI=1S/C4H7O5P.2Na/c1-2-3(9-2)4(5)10(6,7)8;;/h2-3H,1H3,(H2,6,7,8);;/q;2*+1/p-2/t2-,3+;;/m0../s1. The predicted octanol–water partition coefficient (Wildman–Crippen LogP) is -7.78. The first-order valence-corrected chi connectivity index (χ1v) is 4.19. The molecule has 5 nitrogen and oxygen atoms in total. The summed E-state index contributed by atoms with van der Waals surface area (Å²) in [6.45, 7) is 1.53. The van der Waals surface area contributed by atoms with Crippen molar-refractivity contribution in [3.05, 3.63) is 0 Å². The monoisotopic (exact) mass is 210 g/mol. The summed E-state index contributed by atoms with van der Waals surface area (Å²) in [5.41, 5.74) is -1.33. The van der Waals surface area contributed by atoms with E-state index in [0.717, 1.165) is 0 Å². The molecule has 1 rings (SSSR count). The Morgan fingerprint density at radius 1 is 1.42 bits per heavy atom. The van der Waals surface area contributed by atoms with E-state index in [0.29, 0.717) is 0 Å². The molecule has 0 aromatic rings. The largest absolute Gasteiger partial charge is 1.00 e. The minimum Gasteiger partial charge on any atom is -0.805 e. The van der Waals surface area contributed by atoms with Gasteiger partial charge in [-0.3, -0.25) is 4.79 Å². The van der Waals surface area contributed by atoms with Gasteiger partial charge in [0.05, 0.1) is 6.10 Å². The molecule has 1 heterocycles. The molecular formula is C4H5Na2O5P. The van der Waals surface area contributed by atoms with E-state index in [-0.39, 0.29) is 59.1 Å². The SMILES string of the molecule is C[C@@H]1O[C@H]1C(=O)P(=O)([O-])[O-].[Na+].[Na+]. The maximum Gasteiger partial charge on any atom is 1.00 e. The van der Waals surface area contributed by atoms with Crippen LogP contribution in [0.2, 0.25) is 0 Å². The average Bonchev–Trinajstić information content (AvgIpc) is 2.42. The van der Waals surface area contributed by atoms with Crippen LogP contribution in [-0.4, -0.2) is 17.7 Å². The molecule has 0 aromatic carbocycles. The van der Waals surface area contributed by atoms with Gasteiger partial charge in [0, 0.05) is 7.60 Å². The molecule has 1 saturated heterocycles. The van der Waals surface area contributed by atoms with Crippen LogP contribution in [-0.2, 0) is 14.1 Å². The van der Waals surface area contributed by atoms with Crippen molar-refractivity contribution in [3.8, 4) is 0 Å². The van der Waals surface area contributed by atoms with E-state index in [4.69, 9.17) is 0 Å². The van der Waals surface area contributed by atoms with Gasteiger partial charge in [-0.05, 0) is 6.92 Å². The van der Waals surface area contributed by atoms with Crippen molar-refractivity contribution in [1.29, 1.82) is 0 Å². The summed E-state index contributed by atoms with van der Waals surface area (Å²) in [4.78, 5) is 30.4. The Morgan fingerprint density at radius 3 is 1.83 bits per heavy atom. The molecule has 1 aliphatic heterocycles. The summed E-state index contributed by atoms with van der Waals surface area (Å²) >= 11 is 0. The Morgan fingerprint density at radius 2 is 1.75 bits per heavy atom. The van der Waals surface area contributed by atoms with Gasteiger partial charge < -0.3 is 19.1 Å². The molecule has 0 aromatic heterocycles. The molecule has 0 amide bonds. The Bertz CT molecular complexity index is 213. The summed E-state index contributed by atoms with van der Waals surface area (Å²) in [5, 5.41) is 0. The van der Waals surface area contributed by atoms with E-state index in [1.54, 1.807) is 0 Å². The van der Waals surface area contributed by atoms with Crippen molar-refractivity contribution < 1.29 is 83.0 Å². The summed E-state index contributed by atoms with van der Waals surface area (Å²) < 4.78 is 14.5. The predicted molar refractivity (Wildman–Crippen MR) is 26.9 cm³/mol. The van der Waals surface area contributed by atoms with E-state index >= 15 is 0 Å². The normalized spacial score (nSPS) is 26.6. The van der Waals surface area contributed by atoms with Crippen LogP contribution in [0.1, 0.15) is 6.92 Å². The molecule has 1 aliphatic rings. The summed E-state index contributed by atoms with van der Waals surface area (Å²) in [6.07, 6.45) is -1.41. The average molecular weight is 210 g/mol. The Hall–Kier alpha value is 1.78. The number of epoxide rings is 1. The van der Waals surface area contributed by atoms with Crippen molar-refractivity contribution in [2.24, 2.45) is 0 Å². The quantitative estimate of drug-likeness (QED) is 0.256. The number of rotatable bonds is 2. The zero-order valence-corrected chi connectivity index (χ0v) is 12.0. The van der Waals surface area contributed by atoms with Gasteiger partial charge in [0.15, 0.2) is 5.52 Å². The second-order valence-corrected chi connectivity index (χ2v) is 3.53. The van der Waals surface area contributed by atoms with Crippen LogP contribution in [0.25, 0.3) is 0 Å². The van der Waals surface area contributed by atoms with Gasteiger partial charge in [0.2, 0.25) is 0 Å². The molecule has 0 radical (unpaired) electrons. The third-order valence-electron chi connectivity index (χ3n) is 1.22. The third-order valence-corrected chi connectivity index (χ3v) is 2.02. The van der Waals surface area contributed by atoms with Gasteiger partial charge in [0.25, 0.3) is 0 Å². The molecule has 0 spiro atoms. The van der Waals surface area contributed by atoms with E-state index in [9.17, 15) is 19.1 Å². The second kappa shape index (κ2) is 5.61. The molecule has 2 atom stereocenters. The molecule has 0 N–H and O–H groups in total. The molecule has 58 valence electrons. The molecule has 12 heavy (non-hydrogen) atoms. The van der Waals surface area contributed by atoms with Crippen LogP contribution >= 0.6 is 7.60 Å². The van der Waals surface area contributed by atoms with Crippen LogP contribution in [0.4, 0.5) is 0 Å². The van der Waals surface area contributed by atoms with Crippen LogP contribution < -0.4 is 68.9 Å².